The van der Waals surface area contributed by atoms with Crippen LogP contribution in [0.1, 0.15) is 30.9 Å². The quantitative estimate of drug-likeness (QED) is 0.0575. The van der Waals surface area contributed by atoms with Crippen LogP contribution in [-0.4, -0.2) is 154 Å². The summed E-state index contributed by atoms with van der Waals surface area (Å²) in [6.45, 7) is 16.2. The first-order valence-corrected chi connectivity index (χ1v) is 25.2. The maximum absolute atomic E-state index is 10.2. The van der Waals surface area contributed by atoms with E-state index in [-0.39, 0.29) is 52.4 Å². The van der Waals surface area contributed by atoms with Crippen molar-refractivity contribution in [3.05, 3.63) is 49.0 Å². The number of hydrogen-bond donors (Lipinski definition) is 2. The van der Waals surface area contributed by atoms with Gasteiger partial charge in [-0.3, -0.25) is 0 Å². The molecule has 4 aromatic rings. The Morgan fingerprint density at radius 3 is 1.20 bits per heavy atom. The molecule has 0 aliphatic carbocycles. The molecule has 10 rings (SSSR count). The van der Waals surface area contributed by atoms with Crippen molar-refractivity contribution in [3.8, 4) is 46.0 Å². The van der Waals surface area contributed by atoms with E-state index in [1.807, 2.05) is 32.3 Å². The Bertz CT molecular complexity index is 1690. The van der Waals surface area contributed by atoms with Gasteiger partial charge in [-0.2, -0.15) is 6.42 Å². The van der Waals surface area contributed by atoms with Crippen LogP contribution in [0.2, 0.25) is 0 Å². The summed E-state index contributed by atoms with van der Waals surface area (Å²) in [7, 11) is 0. The third-order valence-corrected chi connectivity index (χ3v) is 12.4. The molecule has 360 valence electrons. The van der Waals surface area contributed by atoms with Gasteiger partial charge in [-0.15, -0.1) is 45.3 Å². The maximum Gasteiger partial charge on any atom is 1.00 e. The van der Waals surface area contributed by atoms with Crippen molar-refractivity contribution in [3.63, 3.8) is 0 Å². The molecule has 2 N–H and O–H groups in total. The fraction of sp³-hybridized carbons (Fsp3) is 0.614. The number of unbranched alkanes of at least 4 members (excludes halogenated alkanes) is 1. The first kappa shape index (κ1) is 56.7. The van der Waals surface area contributed by atoms with E-state index >= 15 is 0 Å². The van der Waals surface area contributed by atoms with Crippen LogP contribution >= 0.6 is 45.3 Å². The SMILES string of the molecule is C(COCC1CO1)OCC1CO1.OC(COCCOCC(O)Cc1scc2c1OCCO2)Cc1scc2c1OCCO2.[CH2-]CCC.[H-].[Li+].[Li+].c1scc2c1OCCO2.c1scc2c1OCCO2. The van der Waals surface area contributed by atoms with Crippen LogP contribution in [0.15, 0.2) is 32.3 Å². The Balaban J connectivity index is 0.000000262. The molecule has 2 saturated heterocycles. The molecule has 16 nitrogen and oxygen atoms in total. The maximum atomic E-state index is 10.2. The normalized spacial score (nSPS) is 18.2. The molecule has 6 aliphatic rings. The Morgan fingerprint density at radius 2 is 0.864 bits per heavy atom. The monoisotopic (exact) mass is 988 g/mol. The van der Waals surface area contributed by atoms with Gasteiger partial charge >= 0.3 is 37.7 Å². The Kier molecular flexibility index (Phi) is 28.2. The van der Waals surface area contributed by atoms with Crippen molar-refractivity contribution in [1.29, 1.82) is 0 Å². The number of epoxide rings is 2. The minimum Gasteiger partial charge on any atom is -1.00 e. The van der Waals surface area contributed by atoms with Crippen LogP contribution in [0.3, 0.4) is 0 Å². The summed E-state index contributed by atoms with van der Waals surface area (Å²) in [5, 5.41) is 32.0. The first-order valence-electron chi connectivity index (χ1n) is 21.6. The van der Waals surface area contributed by atoms with Crippen molar-refractivity contribution in [2.24, 2.45) is 0 Å². The zero-order valence-electron chi connectivity index (χ0n) is 39.3. The number of thiophene rings is 4. The number of ether oxygens (including phenoxy) is 14. The van der Waals surface area contributed by atoms with Gasteiger partial charge in [0.15, 0.2) is 46.0 Å². The van der Waals surface area contributed by atoms with Gasteiger partial charge in [-0.1, -0.05) is 13.3 Å². The van der Waals surface area contributed by atoms with Gasteiger partial charge in [0.2, 0.25) is 0 Å². The van der Waals surface area contributed by atoms with E-state index in [1.54, 1.807) is 22.7 Å². The van der Waals surface area contributed by atoms with Crippen molar-refractivity contribution in [2.45, 2.75) is 57.0 Å². The molecule has 0 aromatic carbocycles. The van der Waals surface area contributed by atoms with Crippen molar-refractivity contribution in [1.82, 2.24) is 0 Å². The Labute approximate surface area is 429 Å². The Hall–Kier alpha value is -1.93. The van der Waals surface area contributed by atoms with E-state index in [0.717, 1.165) is 75.4 Å². The van der Waals surface area contributed by atoms with Gasteiger partial charge in [0, 0.05) is 45.1 Å². The van der Waals surface area contributed by atoms with Gasteiger partial charge in [0.1, 0.15) is 65.1 Å². The van der Waals surface area contributed by atoms with Crippen LogP contribution in [0.4, 0.5) is 0 Å². The fourth-order valence-corrected chi connectivity index (χ4v) is 8.99. The number of aliphatic hydroxyl groups excluding tert-OH is 2. The minimum absolute atomic E-state index is 0. The standard InChI is InChI=1S/C20H26O8S2.C8H14O4.2C6H6O2S.C4H9.2Li.H/c21-13(7-17-19-15(11-29-17)25-3-5-27-19)9-23-1-2-24-10-14(22)8-18-20-16(12-30-18)26-4-6-28-20;1(9-3-7-5-11-7)2-10-4-8-6-12-8;2*1-2-8-6-4-9-3-5(6)7-1;1-3-4-2;;;/h11-14,21-22H,1-10H2;7-8H,1-6H2;2*3-4H,1-2H2;1,3-4H2,2H3;;;/q;;;;-1;2*+1;-1. The van der Waals surface area contributed by atoms with E-state index in [1.165, 1.54) is 29.1 Å². The molecule has 4 unspecified atom stereocenters. The van der Waals surface area contributed by atoms with Crippen LogP contribution < -0.4 is 75.6 Å². The van der Waals surface area contributed by atoms with Crippen LogP contribution in [0, 0.1) is 6.92 Å². The molecule has 0 spiro atoms. The van der Waals surface area contributed by atoms with Crippen LogP contribution in [-0.2, 0) is 41.3 Å². The van der Waals surface area contributed by atoms with Crippen LogP contribution in [0.25, 0.3) is 0 Å². The molecule has 4 aromatic heterocycles. The fourth-order valence-electron chi connectivity index (χ4n) is 5.67. The molecule has 66 heavy (non-hydrogen) atoms. The van der Waals surface area contributed by atoms with E-state index in [9.17, 15) is 10.2 Å². The molecule has 0 amide bonds. The van der Waals surface area contributed by atoms with Gasteiger partial charge in [0.05, 0.1) is 88.0 Å². The third kappa shape index (κ3) is 21.0. The average Bonchev–Trinajstić information content (AvgIpc) is 4.10. The van der Waals surface area contributed by atoms with Crippen molar-refractivity contribution in [2.75, 3.05) is 119 Å². The van der Waals surface area contributed by atoms with Crippen molar-refractivity contribution >= 4 is 45.3 Å². The zero-order valence-corrected chi connectivity index (χ0v) is 41.5. The second-order valence-electron chi connectivity index (χ2n) is 14.5. The first-order chi connectivity index (χ1) is 31.5. The molecular weight excluding hydrogens is 927 g/mol. The number of hydrogen-bond acceptors (Lipinski definition) is 20. The molecule has 6 aliphatic heterocycles. The summed E-state index contributed by atoms with van der Waals surface area (Å²) in [5.74, 6) is 6.57. The molecular formula is C44H62Li2O16S4. The molecule has 0 saturated carbocycles. The van der Waals surface area contributed by atoms with E-state index < -0.39 is 12.2 Å². The third-order valence-electron chi connectivity index (χ3n) is 9.10. The van der Waals surface area contributed by atoms with Gasteiger partial charge in [0.25, 0.3) is 0 Å². The summed E-state index contributed by atoms with van der Waals surface area (Å²) in [4.78, 5) is 1.93. The minimum atomic E-state index is -0.629. The van der Waals surface area contributed by atoms with Crippen LogP contribution in [0.5, 0.6) is 46.0 Å². The predicted molar refractivity (Wildman–Crippen MR) is 245 cm³/mol. The smallest absolute Gasteiger partial charge is 1.00 e. The molecule has 0 radical (unpaired) electrons. The number of aliphatic hydroxyl groups is 2. The summed E-state index contributed by atoms with van der Waals surface area (Å²) in [6.07, 6.45) is 2.65. The molecule has 10 heterocycles. The Morgan fingerprint density at radius 1 is 0.545 bits per heavy atom. The van der Waals surface area contributed by atoms with E-state index in [4.69, 9.17) is 66.3 Å². The summed E-state index contributed by atoms with van der Waals surface area (Å²) in [6, 6.07) is 0. The van der Waals surface area contributed by atoms with Crippen molar-refractivity contribution < 1.29 is 116 Å². The second kappa shape index (κ2) is 32.8. The molecule has 22 heteroatoms. The largest absolute Gasteiger partial charge is 1.00 e. The second-order valence-corrected chi connectivity index (χ2v) is 17.9. The topological polar surface area (TPSA) is 176 Å². The van der Waals surface area contributed by atoms with Gasteiger partial charge in [-0.05, 0) is 0 Å². The van der Waals surface area contributed by atoms with Gasteiger partial charge in [-0.25, -0.2) is 0 Å². The van der Waals surface area contributed by atoms with E-state index in [0.29, 0.717) is 118 Å². The van der Waals surface area contributed by atoms with E-state index in [2.05, 4.69) is 13.8 Å². The van der Waals surface area contributed by atoms with Gasteiger partial charge < -0.3 is 84.9 Å². The average molecular weight is 989 g/mol. The summed E-state index contributed by atoms with van der Waals surface area (Å²) in [5.41, 5.74) is 0. The molecule has 4 atom stereocenters. The predicted octanol–water partition coefficient (Wildman–Crippen LogP) is 0.489. The number of rotatable bonds is 19. The number of fused-ring (bicyclic) bond motifs is 4. The molecule has 2 fully saturated rings. The summed E-state index contributed by atoms with van der Waals surface area (Å²) >= 11 is 6.25. The zero-order chi connectivity index (χ0) is 44.6. The molecule has 0 bridgehead atoms. The summed E-state index contributed by atoms with van der Waals surface area (Å²) < 4.78 is 74.7.